The molecule has 0 unspecified atom stereocenters. The molecule has 0 saturated heterocycles. The molecule has 0 saturated carbocycles. The molecule has 2 aromatic rings. The highest BCUT2D eigenvalue weighted by atomic mass is 16.3. The van der Waals surface area contributed by atoms with Crippen LogP contribution in [0.1, 0.15) is 37.6 Å². The second kappa shape index (κ2) is 9.64. The maximum atomic E-state index is 12.2. The minimum absolute atomic E-state index is 0.0751. The number of hydrogen-bond donors (Lipinski definition) is 3. The monoisotopic (exact) mass is 343 g/mol. The van der Waals surface area contributed by atoms with Crippen LogP contribution in [0, 0.1) is 0 Å². The molecule has 6 heteroatoms. The number of nitrogens with one attached hydrogen (secondary N) is 3. The van der Waals surface area contributed by atoms with Crippen LogP contribution in [-0.4, -0.2) is 30.9 Å². The van der Waals surface area contributed by atoms with Crippen LogP contribution in [0.15, 0.2) is 53.1 Å². The average Bonchev–Trinajstić information content (AvgIpc) is 3.15. The summed E-state index contributed by atoms with van der Waals surface area (Å²) < 4.78 is 5.49. The normalized spacial score (nSPS) is 13.0. The highest BCUT2D eigenvalue weighted by Gasteiger charge is 2.19. The lowest BCUT2D eigenvalue weighted by atomic mass is 10.0. The fourth-order valence-corrected chi connectivity index (χ4v) is 2.44. The lowest BCUT2D eigenvalue weighted by Crippen LogP contribution is -2.47. The van der Waals surface area contributed by atoms with Gasteiger partial charge in [-0.1, -0.05) is 37.3 Å². The van der Waals surface area contributed by atoms with Crippen LogP contribution in [0.5, 0.6) is 0 Å². The molecule has 0 aliphatic rings. The van der Waals surface area contributed by atoms with E-state index < -0.39 is 6.04 Å². The van der Waals surface area contributed by atoms with Crippen molar-refractivity contribution >= 4 is 11.8 Å². The number of carbonyl (C=O) groups excluding carboxylic acids is 2. The van der Waals surface area contributed by atoms with Gasteiger partial charge in [-0.25, -0.2) is 0 Å². The van der Waals surface area contributed by atoms with Crippen molar-refractivity contribution in [1.29, 1.82) is 0 Å². The van der Waals surface area contributed by atoms with Gasteiger partial charge in [-0.3, -0.25) is 14.9 Å². The van der Waals surface area contributed by atoms with Crippen LogP contribution in [0.4, 0.5) is 0 Å². The summed E-state index contributed by atoms with van der Waals surface area (Å²) in [6.07, 6.45) is 2.46. The van der Waals surface area contributed by atoms with E-state index in [-0.39, 0.29) is 24.4 Å². The first-order chi connectivity index (χ1) is 12.1. The minimum atomic E-state index is -0.570. The molecule has 2 rings (SSSR count). The topological polar surface area (TPSA) is 83.4 Å². The van der Waals surface area contributed by atoms with E-state index in [4.69, 9.17) is 4.42 Å². The fourth-order valence-electron chi connectivity index (χ4n) is 2.44. The van der Waals surface area contributed by atoms with Crippen molar-refractivity contribution in [2.45, 2.75) is 32.4 Å². The van der Waals surface area contributed by atoms with Gasteiger partial charge < -0.3 is 15.1 Å². The first-order valence-electron chi connectivity index (χ1n) is 8.50. The number of hydrogen-bond acceptors (Lipinski definition) is 4. The number of amides is 2. The van der Waals surface area contributed by atoms with E-state index in [9.17, 15) is 9.59 Å². The van der Waals surface area contributed by atoms with Gasteiger partial charge in [0.05, 0.1) is 18.8 Å². The van der Waals surface area contributed by atoms with Crippen molar-refractivity contribution in [1.82, 2.24) is 16.0 Å². The molecule has 0 aliphatic carbocycles. The molecular formula is C19H25N3O3. The largest absolute Gasteiger partial charge is 0.467 e. The van der Waals surface area contributed by atoms with Crippen LogP contribution in [-0.2, 0) is 9.59 Å². The Balaban J connectivity index is 1.92. The predicted molar refractivity (Wildman–Crippen MR) is 95.9 cm³/mol. The van der Waals surface area contributed by atoms with Crippen molar-refractivity contribution in [2.75, 3.05) is 13.1 Å². The molecule has 1 aromatic heterocycles. The molecule has 0 aliphatic heterocycles. The molecule has 25 heavy (non-hydrogen) atoms. The first-order valence-corrected chi connectivity index (χ1v) is 8.50. The third kappa shape index (κ3) is 5.76. The molecule has 134 valence electrons. The molecule has 3 N–H and O–H groups in total. The Morgan fingerprint density at radius 3 is 2.52 bits per heavy atom. The molecule has 1 aromatic carbocycles. The Kier molecular flexibility index (Phi) is 7.22. The minimum Gasteiger partial charge on any atom is -0.467 e. The Morgan fingerprint density at radius 1 is 1.12 bits per heavy atom. The van der Waals surface area contributed by atoms with Gasteiger partial charge in [0.2, 0.25) is 11.8 Å². The van der Waals surface area contributed by atoms with E-state index in [0.29, 0.717) is 6.54 Å². The lowest BCUT2D eigenvalue weighted by Gasteiger charge is -2.18. The van der Waals surface area contributed by atoms with Crippen molar-refractivity contribution < 1.29 is 14.0 Å². The molecule has 0 bridgehead atoms. The zero-order valence-electron chi connectivity index (χ0n) is 14.6. The number of benzene rings is 1. The van der Waals surface area contributed by atoms with Gasteiger partial charge in [-0.15, -0.1) is 0 Å². The van der Waals surface area contributed by atoms with Crippen molar-refractivity contribution in [2.24, 2.45) is 0 Å². The summed E-state index contributed by atoms with van der Waals surface area (Å²) in [5.74, 6) is 0.306. The molecule has 0 radical (unpaired) electrons. The highest BCUT2D eigenvalue weighted by molar-refractivity contribution is 5.87. The van der Waals surface area contributed by atoms with Crippen LogP contribution < -0.4 is 16.0 Å². The molecule has 2 atom stereocenters. The molecule has 6 nitrogen and oxygen atoms in total. The summed E-state index contributed by atoms with van der Waals surface area (Å²) in [5, 5.41) is 8.65. The fraction of sp³-hybridized carbons (Fsp3) is 0.368. The predicted octanol–water partition coefficient (Wildman–Crippen LogP) is 1.99. The van der Waals surface area contributed by atoms with E-state index in [1.54, 1.807) is 13.2 Å². The van der Waals surface area contributed by atoms with E-state index in [2.05, 4.69) is 16.0 Å². The second-order valence-corrected chi connectivity index (χ2v) is 5.82. The summed E-state index contributed by atoms with van der Waals surface area (Å²) in [7, 11) is 0. The highest BCUT2D eigenvalue weighted by Crippen LogP contribution is 2.21. The Hall–Kier alpha value is -2.60. The average molecular weight is 343 g/mol. The van der Waals surface area contributed by atoms with Crippen LogP contribution in [0.2, 0.25) is 0 Å². The number of rotatable bonds is 9. The van der Waals surface area contributed by atoms with Crippen LogP contribution in [0.25, 0.3) is 0 Å². The lowest BCUT2D eigenvalue weighted by molar-refractivity contribution is -0.128. The third-order valence-electron chi connectivity index (χ3n) is 3.75. The standard InChI is InChI=1S/C19H25N3O3/c1-3-11-20-19(24)14(2)22-17(23)13-21-18(16-10-7-12-25-16)15-8-5-4-6-9-15/h4-10,12,14,18,21H,3,11,13H2,1-2H3,(H,20,24)(H,22,23)/t14-,18-/m0/s1. The molecule has 2 amide bonds. The van der Waals surface area contributed by atoms with E-state index in [1.807, 2.05) is 49.4 Å². The maximum absolute atomic E-state index is 12.2. The molecule has 1 heterocycles. The number of furan rings is 1. The zero-order valence-corrected chi connectivity index (χ0v) is 14.6. The Morgan fingerprint density at radius 2 is 1.88 bits per heavy atom. The van der Waals surface area contributed by atoms with Gasteiger partial charge in [0.25, 0.3) is 0 Å². The van der Waals surface area contributed by atoms with Crippen molar-refractivity contribution in [3.8, 4) is 0 Å². The SMILES string of the molecule is CCCNC(=O)[C@H](C)NC(=O)CN[C@@H](c1ccccc1)c1ccco1. The summed E-state index contributed by atoms with van der Waals surface area (Å²) in [6.45, 7) is 4.33. The maximum Gasteiger partial charge on any atom is 0.242 e. The summed E-state index contributed by atoms with van der Waals surface area (Å²) in [6, 6.07) is 12.6. The van der Waals surface area contributed by atoms with Gasteiger partial charge >= 0.3 is 0 Å². The van der Waals surface area contributed by atoms with Crippen molar-refractivity contribution in [3.05, 3.63) is 60.1 Å². The van der Waals surface area contributed by atoms with Gasteiger partial charge in [0.1, 0.15) is 11.8 Å². The summed E-state index contributed by atoms with van der Waals surface area (Å²) >= 11 is 0. The Labute approximate surface area is 148 Å². The third-order valence-corrected chi connectivity index (χ3v) is 3.75. The van der Waals surface area contributed by atoms with Crippen LogP contribution in [0.3, 0.4) is 0 Å². The quantitative estimate of drug-likeness (QED) is 0.650. The van der Waals surface area contributed by atoms with E-state index in [0.717, 1.165) is 17.7 Å². The van der Waals surface area contributed by atoms with E-state index >= 15 is 0 Å². The Bertz CT molecular complexity index is 656. The molecule has 0 fully saturated rings. The zero-order chi connectivity index (χ0) is 18.1. The molecule has 0 spiro atoms. The first kappa shape index (κ1) is 18.7. The van der Waals surface area contributed by atoms with Crippen molar-refractivity contribution in [3.63, 3.8) is 0 Å². The molecular weight excluding hydrogens is 318 g/mol. The van der Waals surface area contributed by atoms with Crippen LogP contribution >= 0.6 is 0 Å². The summed E-state index contributed by atoms with van der Waals surface area (Å²) in [5.41, 5.74) is 0.999. The van der Waals surface area contributed by atoms with Gasteiger partial charge in [-0.2, -0.15) is 0 Å². The van der Waals surface area contributed by atoms with E-state index in [1.165, 1.54) is 0 Å². The smallest absolute Gasteiger partial charge is 0.242 e. The summed E-state index contributed by atoms with van der Waals surface area (Å²) in [4.78, 5) is 24.0. The second-order valence-electron chi connectivity index (χ2n) is 5.82. The van der Waals surface area contributed by atoms with Gasteiger partial charge in [-0.05, 0) is 31.0 Å². The van der Waals surface area contributed by atoms with Gasteiger partial charge in [0, 0.05) is 6.54 Å². The number of carbonyl (C=O) groups is 2. The van der Waals surface area contributed by atoms with Gasteiger partial charge in [0.15, 0.2) is 0 Å².